The van der Waals surface area contributed by atoms with Gasteiger partial charge < -0.3 is 4.90 Å². The van der Waals surface area contributed by atoms with Crippen molar-refractivity contribution in [1.82, 2.24) is 9.88 Å². The van der Waals surface area contributed by atoms with Gasteiger partial charge in [-0.3, -0.25) is 14.5 Å². The lowest BCUT2D eigenvalue weighted by Gasteiger charge is -2.11. The molecule has 1 fully saturated rings. The lowest BCUT2D eigenvalue weighted by atomic mass is 10.1. The summed E-state index contributed by atoms with van der Waals surface area (Å²) in [5, 5.41) is 2.99. The lowest BCUT2D eigenvalue weighted by molar-refractivity contribution is -0.122. The molecule has 2 aliphatic heterocycles. The Morgan fingerprint density at radius 1 is 1.20 bits per heavy atom. The Labute approximate surface area is 152 Å². The van der Waals surface area contributed by atoms with Crippen LogP contribution in [0.2, 0.25) is 0 Å². The molecule has 4 rings (SSSR count). The average molecular weight is 370 g/mol. The molecule has 1 aromatic heterocycles. The summed E-state index contributed by atoms with van der Waals surface area (Å²) in [5.41, 5.74) is 2.06. The number of amides is 2. The Hall–Kier alpha value is -2.45. The number of likely N-dealkylation sites (N-methyl/N-ethyl adjacent to an activating group) is 2. The average Bonchev–Trinajstić information content (AvgIpc) is 3.29. The number of benzene rings is 1. The monoisotopic (exact) mass is 370 g/mol. The van der Waals surface area contributed by atoms with Gasteiger partial charge in [-0.15, -0.1) is 11.3 Å². The molecule has 2 aromatic rings. The molecule has 126 valence electrons. The molecule has 0 atom stereocenters. The molecule has 6 nitrogen and oxygen atoms in total. The van der Waals surface area contributed by atoms with E-state index in [4.69, 9.17) is 0 Å². The predicted octanol–water partition coefficient (Wildman–Crippen LogP) is 3.11. The summed E-state index contributed by atoms with van der Waals surface area (Å²) in [4.78, 5) is 37.9. The Morgan fingerprint density at radius 3 is 2.72 bits per heavy atom. The molecule has 0 aliphatic carbocycles. The third-order valence-corrected chi connectivity index (χ3v) is 5.81. The molecule has 0 unspecified atom stereocenters. The predicted molar refractivity (Wildman–Crippen MR) is 101 cm³/mol. The second-order valence-electron chi connectivity index (χ2n) is 5.45. The smallest absolute Gasteiger partial charge is 0.267 e. The van der Waals surface area contributed by atoms with Crippen molar-refractivity contribution in [2.75, 3.05) is 18.5 Å². The number of hydrogen-bond acceptors (Lipinski definition) is 6. The number of carbonyl (C=O) groups excluding carboxylic acids is 2. The maximum atomic E-state index is 12.9. The molecule has 1 aromatic carbocycles. The van der Waals surface area contributed by atoms with E-state index in [1.165, 1.54) is 23.1 Å². The first-order valence-electron chi connectivity index (χ1n) is 7.71. The van der Waals surface area contributed by atoms with Crippen molar-refractivity contribution < 1.29 is 9.59 Å². The van der Waals surface area contributed by atoms with Gasteiger partial charge in [0.05, 0.1) is 16.2 Å². The minimum absolute atomic E-state index is 0.163. The van der Waals surface area contributed by atoms with Gasteiger partial charge in [0, 0.05) is 30.7 Å². The molecule has 0 radical (unpaired) electrons. The number of aromatic nitrogens is 1. The van der Waals surface area contributed by atoms with Gasteiger partial charge >= 0.3 is 0 Å². The van der Waals surface area contributed by atoms with Crippen molar-refractivity contribution in [3.8, 4) is 0 Å². The van der Waals surface area contributed by atoms with Crippen LogP contribution in [-0.4, -0.2) is 40.5 Å². The largest absolute Gasteiger partial charge is 0.311 e. The number of hydrogen-bond donors (Lipinski definition) is 0. The van der Waals surface area contributed by atoms with Crippen molar-refractivity contribution >= 4 is 56.5 Å². The van der Waals surface area contributed by atoms with E-state index in [-0.39, 0.29) is 11.8 Å². The van der Waals surface area contributed by atoms with Crippen LogP contribution in [0.5, 0.6) is 0 Å². The maximum Gasteiger partial charge on any atom is 0.267 e. The molecule has 0 saturated carbocycles. The highest BCUT2D eigenvalue weighted by atomic mass is 32.2. The van der Waals surface area contributed by atoms with Crippen LogP contribution in [0, 0.1) is 0 Å². The van der Waals surface area contributed by atoms with E-state index >= 15 is 0 Å². The number of carbonyl (C=O) groups is 2. The van der Waals surface area contributed by atoms with Crippen molar-refractivity contribution in [3.63, 3.8) is 0 Å². The molecule has 25 heavy (non-hydrogen) atoms. The molecule has 3 heterocycles. The fraction of sp³-hybridized carbons (Fsp3) is 0.176. The highest BCUT2D eigenvalue weighted by Gasteiger charge is 2.41. The third kappa shape index (κ3) is 2.49. The first-order valence-corrected chi connectivity index (χ1v) is 9.41. The summed E-state index contributed by atoms with van der Waals surface area (Å²) in [6.07, 6.45) is 1.67. The molecule has 0 spiro atoms. The quantitative estimate of drug-likeness (QED) is 0.762. The molecular weight excluding hydrogens is 356 g/mol. The highest BCUT2D eigenvalue weighted by molar-refractivity contribution is 8.18. The van der Waals surface area contributed by atoms with Crippen LogP contribution in [0.15, 0.2) is 45.7 Å². The zero-order valence-corrected chi connectivity index (χ0v) is 15.2. The molecule has 0 bridgehead atoms. The van der Waals surface area contributed by atoms with E-state index in [9.17, 15) is 9.59 Å². The highest BCUT2D eigenvalue weighted by Crippen LogP contribution is 2.44. The van der Waals surface area contributed by atoms with Crippen LogP contribution in [0.1, 0.15) is 12.5 Å². The topological polar surface area (TPSA) is 65.9 Å². The lowest BCUT2D eigenvalue weighted by Crippen LogP contribution is -2.29. The first-order chi connectivity index (χ1) is 12.1. The minimum Gasteiger partial charge on any atom is -0.311 e. The molecular formula is C17H14N4O2S2. The molecule has 1 saturated heterocycles. The van der Waals surface area contributed by atoms with Gasteiger partial charge in [0.1, 0.15) is 0 Å². The van der Waals surface area contributed by atoms with Crippen molar-refractivity contribution in [3.05, 3.63) is 46.3 Å². The van der Waals surface area contributed by atoms with Gasteiger partial charge in [0.15, 0.2) is 5.17 Å². The van der Waals surface area contributed by atoms with Gasteiger partial charge in [-0.1, -0.05) is 18.2 Å². The van der Waals surface area contributed by atoms with Crippen LogP contribution >= 0.6 is 23.1 Å². The molecule has 2 aliphatic rings. The van der Waals surface area contributed by atoms with Gasteiger partial charge in [-0.05, 0) is 24.8 Å². The van der Waals surface area contributed by atoms with Crippen LogP contribution in [0.4, 0.5) is 10.8 Å². The van der Waals surface area contributed by atoms with Crippen molar-refractivity contribution in [2.45, 2.75) is 6.92 Å². The van der Waals surface area contributed by atoms with Crippen molar-refractivity contribution in [1.29, 1.82) is 0 Å². The first kappa shape index (κ1) is 16.0. The van der Waals surface area contributed by atoms with Crippen LogP contribution in [0.25, 0.3) is 5.57 Å². The van der Waals surface area contributed by atoms with E-state index in [2.05, 4.69) is 9.98 Å². The Balaban J connectivity index is 1.85. The normalized spacial score (nSPS) is 21.6. The number of para-hydroxylation sites is 1. The summed E-state index contributed by atoms with van der Waals surface area (Å²) < 4.78 is 0. The third-order valence-electron chi connectivity index (χ3n) is 4.07. The fourth-order valence-electron chi connectivity index (χ4n) is 2.86. The molecule has 8 heteroatoms. The zero-order chi connectivity index (χ0) is 17.6. The van der Waals surface area contributed by atoms with E-state index in [1.807, 2.05) is 36.6 Å². The number of nitrogens with zero attached hydrogens (tertiary/aromatic N) is 4. The summed E-state index contributed by atoms with van der Waals surface area (Å²) in [5.74, 6) is -0.347. The summed E-state index contributed by atoms with van der Waals surface area (Å²) >= 11 is 2.65. The van der Waals surface area contributed by atoms with Gasteiger partial charge in [-0.25, -0.2) is 4.98 Å². The number of aliphatic imine (C=N–C) groups is 1. The summed E-state index contributed by atoms with van der Waals surface area (Å²) in [6.45, 7) is 2.37. The van der Waals surface area contributed by atoms with Crippen LogP contribution < -0.4 is 4.90 Å². The summed E-state index contributed by atoms with van der Waals surface area (Å²) in [6, 6.07) is 7.51. The Morgan fingerprint density at radius 2 is 2.00 bits per heavy atom. The number of anilines is 1. The molecule has 0 N–H and O–H groups in total. The Kier molecular flexibility index (Phi) is 3.93. The van der Waals surface area contributed by atoms with E-state index in [1.54, 1.807) is 23.0 Å². The number of amidine groups is 1. The minimum atomic E-state index is -0.184. The van der Waals surface area contributed by atoms with E-state index < -0.39 is 0 Å². The summed E-state index contributed by atoms with van der Waals surface area (Å²) in [7, 11) is 1.72. The fourth-order valence-corrected chi connectivity index (χ4v) is 4.56. The number of rotatable bonds is 2. The number of fused-ring (bicyclic) bond motifs is 1. The number of thioether (sulfide) groups is 1. The second kappa shape index (κ2) is 6.12. The molecule has 2 amide bonds. The van der Waals surface area contributed by atoms with Crippen LogP contribution in [-0.2, 0) is 9.59 Å². The number of thiazole rings is 1. The van der Waals surface area contributed by atoms with Gasteiger partial charge in [-0.2, -0.15) is 4.99 Å². The van der Waals surface area contributed by atoms with Gasteiger partial charge in [0.2, 0.25) is 5.13 Å². The standard InChI is InChI=1S/C17H14N4O2S2/c1-3-21-15(23)13(25-17(21)19-16-18-8-9-24-16)12-10-6-4-5-7-11(10)20(2)14(12)22/h4-9H,3H2,1-2H3/b13-12-,19-17+. The van der Waals surface area contributed by atoms with E-state index in [0.29, 0.717) is 27.3 Å². The van der Waals surface area contributed by atoms with E-state index in [0.717, 1.165) is 11.3 Å². The van der Waals surface area contributed by atoms with Crippen LogP contribution in [0.3, 0.4) is 0 Å². The second-order valence-corrected chi connectivity index (χ2v) is 7.30. The van der Waals surface area contributed by atoms with Crippen molar-refractivity contribution in [2.24, 2.45) is 4.99 Å². The van der Waals surface area contributed by atoms with Gasteiger partial charge in [0.25, 0.3) is 11.8 Å². The Bertz CT molecular complexity index is 934. The zero-order valence-electron chi connectivity index (χ0n) is 13.6. The maximum absolute atomic E-state index is 12.9. The SMILES string of the molecule is CCN1C(=O)/C(=C2/C(=O)N(C)c3ccccc32)S/C1=N/c1nccs1.